The summed E-state index contributed by atoms with van der Waals surface area (Å²) < 4.78 is 16.8. The molecule has 4 aliphatic rings. The van der Waals surface area contributed by atoms with E-state index in [4.69, 9.17) is 13.3 Å². The molecule has 4 aliphatic carbocycles. The van der Waals surface area contributed by atoms with Gasteiger partial charge in [0, 0.05) is 21.3 Å². The molecule has 0 aromatic rings. The number of allylic oxidation sites excluding steroid dienone is 4. The highest BCUT2D eigenvalue weighted by Gasteiger charge is 2.62. The topological polar surface area (TPSA) is 27.7 Å². The van der Waals surface area contributed by atoms with Crippen LogP contribution in [0.1, 0.15) is 103 Å². The smallest absolute Gasteiger partial charge is 0.376 e. The zero-order chi connectivity index (χ0) is 22.2. The lowest BCUT2D eigenvalue weighted by atomic mass is 9.82. The fourth-order valence-corrected chi connectivity index (χ4v) is 9.75. The van der Waals surface area contributed by atoms with Gasteiger partial charge in [0.25, 0.3) is 0 Å². The third-order valence-electron chi connectivity index (χ3n) is 8.62. The molecular weight excluding hydrogens is 400 g/mol. The lowest BCUT2D eigenvalue weighted by molar-refractivity contribution is 0.0992. The van der Waals surface area contributed by atoms with Crippen molar-refractivity contribution in [3.63, 3.8) is 0 Å². The van der Waals surface area contributed by atoms with Crippen molar-refractivity contribution < 1.29 is 13.3 Å². The van der Waals surface area contributed by atoms with Crippen LogP contribution < -0.4 is 0 Å². The minimum absolute atomic E-state index is 0.0654. The first kappa shape index (κ1) is 25.2. The molecule has 31 heavy (non-hydrogen) atoms. The number of rotatable bonds is 13. The van der Waals surface area contributed by atoms with E-state index in [1.165, 1.54) is 83.5 Å². The van der Waals surface area contributed by atoms with Gasteiger partial charge in [-0.1, -0.05) is 82.6 Å². The molecule has 0 aliphatic heterocycles. The zero-order valence-electron chi connectivity index (χ0n) is 20.8. The van der Waals surface area contributed by atoms with Gasteiger partial charge in [-0.15, -0.1) is 0 Å². The Hall–Kier alpha value is -0.423. The van der Waals surface area contributed by atoms with E-state index in [9.17, 15) is 0 Å². The highest BCUT2D eigenvalue weighted by Crippen LogP contribution is 2.60. The molecule has 0 saturated heterocycles. The molecule has 2 saturated carbocycles. The average Bonchev–Trinajstić information content (AvgIpc) is 3.59. The zero-order valence-corrected chi connectivity index (χ0v) is 21.8. The third kappa shape index (κ3) is 5.74. The molecule has 4 bridgehead atoms. The van der Waals surface area contributed by atoms with E-state index >= 15 is 0 Å². The Morgan fingerprint density at radius 3 is 1.74 bits per heavy atom. The Labute approximate surface area is 193 Å². The van der Waals surface area contributed by atoms with Crippen molar-refractivity contribution in [2.24, 2.45) is 17.3 Å². The predicted octanol–water partition coefficient (Wildman–Crippen LogP) is 7.85. The van der Waals surface area contributed by atoms with Crippen LogP contribution in [0.25, 0.3) is 0 Å². The predicted molar refractivity (Wildman–Crippen MR) is 132 cm³/mol. The number of fused-ring (bicyclic) bond motifs is 4. The Morgan fingerprint density at radius 1 is 0.742 bits per heavy atom. The molecule has 2 fully saturated rings. The molecule has 0 amide bonds. The fraction of sp³-hybridized carbons (Fsp3) is 0.852. The maximum atomic E-state index is 5.58. The molecule has 4 rings (SSSR count). The van der Waals surface area contributed by atoms with Crippen LogP contribution in [-0.4, -0.2) is 30.1 Å². The van der Waals surface area contributed by atoms with Crippen LogP contribution in [-0.2, 0) is 13.3 Å². The largest absolute Gasteiger partial charge is 0.510 e. The first-order valence-electron chi connectivity index (χ1n) is 13.1. The first-order valence-corrected chi connectivity index (χ1v) is 14.8. The van der Waals surface area contributed by atoms with Crippen molar-refractivity contribution in [1.82, 2.24) is 0 Å². The van der Waals surface area contributed by atoms with E-state index < -0.39 is 8.80 Å². The Bertz CT molecular complexity index is 591. The van der Waals surface area contributed by atoms with Gasteiger partial charge in [0.05, 0.1) is 5.04 Å². The molecule has 0 N–H and O–H groups in total. The van der Waals surface area contributed by atoms with Crippen molar-refractivity contribution in [3.05, 3.63) is 24.3 Å². The van der Waals surface area contributed by atoms with Crippen molar-refractivity contribution in [2.75, 3.05) is 21.3 Å². The summed E-state index contributed by atoms with van der Waals surface area (Å²) in [4.78, 5) is 0. The summed E-state index contributed by atoms with van der Waals surface area (Å²) >= 11 is 0. The molecule has 3 nitrogen and oxygen atoms in total. The minimum atomic E-state index is -2.48. The van der Waals surface area contributed by atoms with Crippen LogP contribution in [0.5, 0.6) is 0 Å². The molecular formula is C27H48O3Si. The number of unbranched alkanes of at least 4 members (excludes halogenated alkanes) is 7. The first-order chi connectivity index (χ1) is 15.1. The van der Waals surface area contributed by atoms with Crippen LogP contribution in [0.2, 0.25) is 5.04 Å². The van der Waals surface area contributed by atoms with Crippen LogP contribution >= 0.6 is 0 Å². The van der Waals surface area contributed by atoms with Crippen molar-refractivity contribution in [1.29, 1.82) is 0 Å². The molecule has 0 aromatic carbocycles. The lowest BCUT2D eigenvalue weighted by Crippen LogP contribution is -2.52. The number of hydrogen-bond donors (Lipinski definition) is 0. The summed E-state index contributed by atoms with van der Waals surface area (Å²) in [7, 11) is 2.63. The fourth-order valence-electron chi connectivity index (χ4n) is 6.77. The molecule has 4 heteroatoms. The van der Waals surface area contributed by atoms with Crippen molar-refractivity contribution in [3.8, 4) is 0 Å². The van der Waals surface area contributed by atoms with Gasteiger partial charge in [-0.05, 0) is 62.2 Å². The van der Waals surface area contributed by atoms with Crippen molar-refractivity contribution >= 4 is 8.80 Å². The van der Waals surface area contributed by atoms with Crippen LogP contribution in [0.3, 0.4) is 0 Å². The van der Waals surface area contributed by atoms with Gasteiger partial charge in [-0.2, -0.15) is 0 Å². The maximum Gasteiger partial charge on any atom is 0.510 e. The lowest BCUT2D eigenvalue weighted by Gasteiger charge is -2.38. The van der Waals surface area contributed by atoms with E-state index in [1.54, 1.807) is 21.3 Å². The van der Waals surface area contributed by atoms with E-state index in [1.807, 2.05) is 0 Å². The van der Waals surface area contributed by atoms with Crippen LogP contribution in [0, 0.1) is 17.3 Å². The van der Waals surface area contributed by atoms with E-state index in [0.717, 1.165) is 24.7 Å². The molecule has 178 valence electrons. The van der Waals surface area contributed by atoms with Gasteiger partial charge in [-0.25, -0.2) is 0 Å². The Balaban J connectivity index is 0.000000179. The summed E-state index contributed by atoms with van der Waals surface area (Å²) in [5, 5.41) is 0.0654. The summed E-state index contributed by atoms with van der Waals surface area (Å²) in [5.41, 5.74) is 0.673. The quantitative estimate of drug-likeness (QED) is 0.163. The van der Waals surface area contributed by atoms with Crippen LogP contribution in [0.4, 0.5) is 0 Å². The third-order valence-corrected chi connectivity index (χ3v) is 12.1. The molecule has 0 aromatic heterocycles. The van der Waals surface area contributed by atoms with Crippen molar-refractivity contribution in [2.45, 2.75) is 108 Å². The Kier molecular flexibility index (Phi) is 9.45. The van der Waals surface area contributed by atoms with Gasteiger partial charge in [0.1, 0.15) is 0 Å². The minimum Gasteiger partial charge on any atom is -0.376 e. The van der Waals surface area contributed by atoms with Gasteiger partial charge in [-0.3, -0.25) is 0 Å². The summed E-state index contributed by atoms with van der Waals surface area (Å²) in [6, 6.07) is 0. The Morgan fingerprint density at radius 2 is 1.32 bits per heavy atom. The van der Waals surface area contributed by atoms with E-state index in [2.05, 4.69) is 31.2 Å². The highest BCUT2D eigenvalue weighted by atomic mass is 28.4. The number of hydrogen-bond acceptors (Lipinski definition) is 3. The normalized spacial score (nSPS) is 32.6. The monoisotopic (exact) mass is 448 g/mol. The standard InChI is InChI=1S/C17H30.C10H18O3Si/c1-2-3-4-5-6-7-8-9-12-17-13-10-16(15-17)11-14-17;1-11-14(12-2,13-3)10-6-4-9(8-10)5-7-10/h10,13,16H,2-9,11-12,14-15H2,1H3;4,6,9H,5,7-8H2,1-3H3. The van der Waals surface area contributed by atoms with Gasteiger partial charge in [0.15, 0.2) is 0 Å². The molecule has 0 spiro atoms. The van der Waals surface area contributed by atoms with Crippen LogP contribution in [0.15, 0.2) is 24.3 Å². The van der Waals surface area contributed by atoms with Gasteiger partial charge < -0.3 is 13.3 Å². The second kappa shape index (κ2) is 11.6. The van der Waals surface area contributed by atoms with Gasteiger partial charge in [0.2, 0.25) is 0 Å². The molecule has 0 heterocycles. The summed E-state index contributed by atoms with van der Waals surface area (Å²) in [6.45, 7) is 2.29. The molecule has 0 radical (unpaired) electrons. The molecule has 4 atom stereocenters. The maximum absolute atomic E-state index is 5.58. The summed E-state index contributed by atoms with van der Waals surface area (Å²) in [6.07, 6.45) is 30.8. The van der Waals surface area contributed by atoms with E-state index in [-0.39, 0.29) is 5.04 Å². The SMILES string of the molecule is CCCCCCCCCCC12C=CC(CC1)C2.CO[Si](OC)(OC)C12C=CC(CC1)C2. The second-order valence-corrected chi connectivity index (χ2v) is 14.0. The molecule has 4 unspecified atom stereocenters. The second-order valence-electron chi connectivity index (χ2n) is 10.6. The van der Waals surface area contributed by atoms with Gasteiger partial charge >= 0.3 is 8.80 Å². The highest BCUT2D eigenvalue weighted by molar-refractivity contribution is 6.65. The van der Waals surface area contributed by atoms with E-state index in [0.29, 0.717) is 5.41 Å². The average molecular weight is 449 g/mol. The summed E-state index contributed by atoms with van der Waals surface area (Å²) in [5.74, 6) is 1.69.